The normalized spacial score (nSPS) is 11.0. The SMILES string of the molecule is CCN(CC)Cc1ccccc1CNC(=O)Cc1ccc(OC(F)F)cc1. The Kier molecular flexibility index (Phi) is 8.20. The van der Waals surface area contributed by atoms with Gasteiger partial charge in [0.2, 0.25) is 5.91 Å². The van der Waals surface area contributed by atoms with E-state index in [1.807, 2.05) is 18.2 Å². The first-order valence-electron chi connectivity index (χ1n) is 9.11. The number of carbonyl (C=O) groups excluding carboxylic acids is 1. The van der Waals surface area contributed by atoms with Crippen LogP contribution in [0, 0.1) is 0 Å². The van der Waals surface area contributed by atoms with Gasteiger partial charge in [-0.3, -0.25) is 9.69 Å². The molecule has 146 valence electrons. The predicted octanol–water partition coefficient (Wildman–Crippen LogP) is 3.99. The van der Waals surface area contributed by atoms with Crippen LogP contribution < -0.4 is 10.1 Å². The zero-order chi connectivity index (χ0) is 19.6. The molecule has 0 radical (unpaired) electrons. The summed E-state index contributed by atoms with van der Waals surface area (Å²) in [5.74, 6) is -0.0327. The number of benzene rings is 2. The number of carbonyl (C=O) groups is 1. The van der Waals surface area contributed by atoms with Gasteiger partial charge in [-0.2, -0.15) is 8.78 Å². The summed E-state index contributed by atoms with van der Waals surface area (Å²) in [5.41, 5.74) is 3.04. The Morgan fingerprint density at radius 3 is 2.26 bits per heavy atom. The van der Waals surface area contributed by atoms with Gasteiger partial charge in [0, 0.05) is 13.1 Å². The maximum atomic E-state index is 12.2. The summed E-state index contributed by atoms with van der Waals surface area (Å²) in [4.78, 5) is 14.5. The van der Waals surface area contributed by atoms with Crippen molar-refractivity contribution in [2.75, 3.05) is 13.1 Å². The highest BCUT2D eigenvalue weighted by molar-refractivity contribution is 5.78. The lowest BCUT2D eigenvalue weighted by molar-refractivity contribution is -0.120. The number of hydrogen-bond acceptors (Lipinski definition) is 3. The van der Waals surface area contributed by atoms with E-state index in [9.17, 15) is 13.6 Å². The first-order valence-corrected chi connectivity index (χ1v) is 9.11. The van der Waals surface area contributed by atoms with E-state index in [0.29, 0.717) is 6.54 Å². The van der Waals surface area contributed by atoms with Crippen molar-refractivity contribution in [3.05, 3.63) is 65.2 Å². The molecule has 0 heterocycles. The van der Waals surface area contributed by atoms with Gasteiger partial charge in [0.05, 0.1) is 6.42 Å². The minimum absolute atomic E-state index is 0.0829. The Morgan fingerprint density at radius 1 is 1.04 bits per heavy atom. The minimum atomic E-state index is -2.85. The van der Waals surface area contributed by atoms with Crippen LogP contribution in [0.15, 0.2) is 48.5 Å². The molecule has 6 heteroatoms. The third-order valence-corrected chi connectivity index (χ3v) is 4.40. The standard InChI is InChI=1S/C21H26F2N2O2/c1-3-25(4-2)15-18-8-6-5-7-17(18)14-24-20(26)13-16-9-11-19(12-10-16)27-21(22)23/h5-12,21H,3-4,13-15H2,1-2H3,(H,24,26). The van der Waals surface area contributed by atoms with E-state index in [2.05, 4.69) is 34.9 Å². The van der Waals surface area contributed by atoms with Gasteiger partial charge in [-0.1, -0.05) is 50.2 Å². The van der Waals surface area contributed by atoms with Crippen molar-refractivity contribution in [2.45, 2.75) is 40.0 Å². The van der Waals surface area contributed by atoms with Gasteiger partial charge in [-0.15, -0.1) is 0 Å². The molecule has 1 amide bonds. The summed E-state index contributed by atoms with van der Waals surface area (Å²) in [6.45, 7) is 4.67. The first-order chi connectivity index (χ1) is 13.0. The second-order valence-corrected chi connectivity index (χ2v) is 6.21. The van der Waals surface area contributed by atoms with Gasteiger partial charge in [0.1, 0.15) is 5.75 Å². The topological polar surface area (TPSA) is 41.6 Å². The summed E-state index contributed by atoms with van der Waals surface area (Å²) < 4.78 is 28.6. The lowest BCUT2D eigenvalue weighted by atomic mass is 10.1. The Labute approximate surface area is 159 Å². The average molecular weight is 376 g/mol. The van der Waals surface area contributed by atoms with Gasteiger partial charge in [-0.25, -0.2) is 0 Å². The predicted molar refractivity (Wildman–Crippen MR) is 102 cm³/mol. The fourth-order valence-corrected chi connectivity index (χ4v) is 2.80. The number of halogens is 2. The fraction of sp³-hybridized carbons (Fsp3) is 0.381. The van der Waals surface area contributed by atoms with E-state index in [-0.39, 0.29) is 18.1 Å². The summed E-state index contributed by atoms with van der Waals surface area (Å²) in [5, 5.41) is 2.94. The number of ether oxygens (including phenoxy) is 1. The molecule has 0 aliphatic heterocycles. The molecule has 2 aromatic carbocycles. The summed E-state index contributed by atoms with van der Waals surface area (Å²) in [6.07, 6.45) is 0.188. The van der Waals surface area contributed by atoms with Crippen molar-refractivity contribution in [3.63, 3.8) is 0 Å². The average Bonchev–Trinajstić information content (AvgIpc) is 2.66. The molecule has 2 aromatic rings. The third kappa shape index (κ3) is 6.98. The molecule has 1 N–H and O–H groups in total. The highest BCUT2D eigenvalue weighted by atomic mass is 19.3. The molecule has 27 heavy (non-hydrogen) atoms. The van der Waals surface area contributed by atoms with E-state index in [1.165, 1.54) is 17.7 Å². The highest BCUT2D eigenvalue weighted by Gasteiger charge is 2.09. The number of amides is 1. The second kappa shape index (κ2) is 10.6. The molecule has 0 atom stereocenters. The largest absolute Gasteiger partial charge is 0.435 e. The molecular weight excluding hydrogens is 350 g/mol. The van der Waals surface area contributed by atoms with Crippen LogP contribution in [0.5, 0.6) is 5.75 Å². The maximum Gasteiger partial charge on any atom is 0.387 e. The quantitative estimate of drug-likeness (QED) is 0.682. The van der Waals surface area contributed by atoms with Crippen LogP contribution >= 0.6 is 0 Å². The van der Waals surface area contributed by atoms with Gasteiger partial charge in [0.25, 0.3) is 0 Å². The van der Waals surface area contributed by atoms with Crippen molar-refractivity contribution in [2.24, 2.45) is 0 Å². The van der Waals surface area contributed by atoms with Crippen LogP contribution in [0.2, 0.25) is 0 Å². The Bertz CT molecular complexity index is 716. The summed E-state index contributed by atoms with van der Waals surface area (Å²) in [7, 11) is 0. The van der Waals surface area contributed by atoms with Gasteiger partial charge < -0.3 is 10.1 Å². The van der Waals surface area contributed by atoms with Crippen molar-refractivity contribution in [3.8, 4) is 5.75 Å². The van der Waals surface area contributed by atoms with E-state index in [4.69, 9.17) is 0 Å². The van der Waals surface area contributed by atoms with Crippen LogP contribution in [0.3, 0.4) is 0 Å². The van der Waals surface area contributed by atoms with E-state index in [0.717, 1.165) is 30.8 Å². The monoisotopic (exact) mass is 376 g/mol. The lowest BCUT2D eigenvalue weighted by Crippen LogP contribution is -2.27. The second-order valence-electron chi connectivity index (χ2n) is 6.21. The maximum absolute atomic E-state index is 12.2. The van der Waals surface area contributed by atoms with Crippen molar-refractivity contribution < 1.29 is 18.3 Å². The van der Waals surface area contributed by atoms with Crippen molar-refractivity contribution >= 4 is 5.91 Å². The van der Waals surface area contributed by atoms with Gasteiger partial charge >= 0.3 is 6.61 Å². The van der Waals surface area contributed by atoms with Crippen molar-refractivity contribution in [1.82, 2.24) is 10.2 Å². The zero-order valence-corrected chi connectivity index (χ0v) is 15.8. The molecule has 2 rings (SSSR count). The molecule has 4 nitrogen and oxygen atoms in total. The molecule has 0 aliphatic rings. The number of nitrogens with one attached hydrogen (secondary N) is 1. The molecule has 0 saturated heterocycles. The zero-order valence-electron chi connectivity index (χ0n) is 15.8. The molecule has 0 spiro atoms. The van der Waals surface area contributed by atoms with Gasteiger partial charge in [-0.05, 0) is 41.9 Å². The summed E-state index contributed by atoms with van der Waals surface area (Å²) in [6, 6.07) is 14.2. The summed E-state index contributed by atoms with van der Waals surface area (Å²) >= 11 is 0. The van der Waals surface area contributed by atoms with Crippen LogP contribution in [0.4, 0.5) is 8.78 Å². The number of alkyl halides is 2. The number of nitrogens with zero attached hydrogens (tertiary/aromatic N) is 1. The van der Waals surface area contributed by atoms with Crippen molar-refractivity contribution in [1.29, 1.82) is 0 Å². The third-order valence-electron chi connectivity index (χ3n) is 4.40. The molecule has 0 bridgehead atoms. The smallest absolute Gasteiger partial charge is 0.387 e. The molecule has 0 saturated carbocycles. The molecule has 0 aliphatic carbocycles. The van der Waals surface area contributed by atoms with Crippen LogP contribution in [0.25, 0.3) is 0 Å². The number of hydrogen-bond donors (Lipinski definition) is 1. The van der Waals surface area contributed by atoms with Crippen LogP contribution in [0.1, 0.15) is 30.5 Å². The first kappa shape index (κ1) is 20.8. The van der Waals surface area contributed by atoms with E-state index >= 15 is 0 Å². The lowest BCUT2D eigenvalue weighted by Gasteiger charge is -2.20. The molecule has 0 unspecified atom stereocenters. The Hall–Kier alpha value is -2.47. The molecular formula is C21H26F2N2O2. The number of rotatable bonds is 10. The molecule has 0 aromatic heterocycles. The Morgan fingerprint density at radius 2 is 1.67 bits per heavy atom. The van der Waals surface area contributed by atoms with Crippen LogP contribution in [-0.2, 0) is 24.3 Å². The molecule has 0 fully saturated rings. The minimum Gasteiger partial charge on any atom is -0.435 e. The Balaban J connectivity index is 1.90. The van der Waals surface area contributed by atoms with Crippen LogP contribution in [-0.4, -0.2) is 30.5 Å². The van der Waals surface area contributed by atoms with E-state index < -0.39 is 6.61 Å². The highest BCUT2D eigenvalue weighted by Crippen LogP contribution is 2.15. The van der Waals surface area contributed by atoms with Gasteiger partial charge in [0.15, 0.2) is 0 Å². The fourth-order valence-electron chi connectivity index (χ4n) is 2.80. The van der Waals surface area contributed by atoms with E-state index in [1.54, 1.807) is 12.1 Å².